The van der Waals surface area contributed by atoms with Gasteiger partial charge in [0.25, 0.3) is 0 Å². The SMILES string of the molecule is Cn1cc(Cn2ncsc2=O)nn1. The van der Waals surface area contributed by atoms with Gasteiger partial charge in [0, 0.05) is 7.05 Å². The summed E-state index contributed by atoms with van der Waals surface area (Å²) in [4.78, 5) is 11.0. The van der Waals surface area contributed by atoms with Crippen LogP contribution in [-0.4, -0.2) is 24.8 Å². The third-order valence-corrected chi connectivity index (χ3v) is 2.12. The Morgan fingerprint density at radius 2 is 2.46 bits per heavy atom. The second-order valence-corrected chi connectivity index (χ2v) is 3.34. The van der Waals surface area contributed by atoms with E-state index in [1.807, 2.05) is 0 Å². The zero-order chi connectivity index (χ0) is 9.26. The van der Waals surface area contributed by atoms with Crippen LogP contribution in [0, 0.1) is 0 Å². The predicted octanol–water partition coefficient (Wildman–Crippen LogP) is -0.518. The van der Waals surface area contributed by atoms with E-state index < -0.39 is 0 Å². The van der Waals surface area contributed by atoms with Crippen molar-refractivity contribution in [3.63, 3.8) is 0 Å². The number of aryl methyl sites for hydroxylation is 1. The van der Waals surface area contributed by atoms with Gasteiger partial charge in [-0.05, 0) is 0 Å². The molecule has 68 valence electrons. The molecule has 2 rings (SSSR count). The first-order valence-corrected chi connectivity index (χ1v) is 4.49. The van der Waals surface area contributed by atoms with Crippen molar-refractivity contribution in [1.82, 2.24) is 24.8 Å². The molecular weight excluding hydrogens is 190 g/mol. The van der Waals surface area contributed by atoms with Crippen molar-refractivity contribution in [2.24, 2.45) is 7.05 Å². The smallest absolute Gasteiger partial charge is 0.255 e. The van der Waals surface area contributed by atoms with E-state index in [1.54, 1.807) is 17.9 Å². The lowest BCUT2D eigenvalue weighted by Crippen LogP contribution is -2.15. The molecular formula is C6H7N5OS. The molecule has 0 amide bonds. The largest absolute Gasteiger partial charge is 0.325 e. The molecule has 0 radical (unpaired) electrons. The Morgan fingerprint density at radius 1 is 1.62 bits per heavy atom. The fourth-order valence-corrected chi connectivity index (χ4v) is 1.44. The minimum atomic E-state index is -0.0781. The van der Waals surface area contributed by atoms with Crippen LogP contribution in [0.5, 0.6) is 0 Å². The van der Waals surface area contributed by atoms with Gasteiger partial charge in [-0.25, -0.2) is 4.68 Å². The third-order valence-electron chi connectivity index (χ3n) is 1.51. The summed E-state index contributed by atoms with van der Waals surface area (Å²) < 4.78 is 2.95. The molecule has 0 saturated carbocycles. The number of rotatable bonds is 2. The molecule has 7 heteroatoms. The Bertz CT molecular complexity index is 455. The number of nitrogens with zero attached hydrogens (tertiary/aromatic N) is 5. The number of aromatic nitrogens is 5. The van der Waals surface area contributed by atoms with Crippen molar-refractivity contribution in [3.05, 3.63) is 27.1 Å². The van der Waals surface area contributed by atoms with E-state index in [4.69, 9.17) is 0 Å². The summed E-state index contributed by atoms with van der Waals surface area (Å²) >= 11 is 1.07. The molecule has 0 N–H and O–H groups in total. The van der Waals surface area contributed by atoms with Crippen LogP contribution in [0.25, 0.3) is 0 Å². The average Bonchev–Trinajstić information content (AvgIpc) is 2.64. The molecule has 2 aromatic heterocycles. The van der Waals surface area contributed by atoms with E-state index >= 15 is 0 Å². The summed E-state index contributed by atoms with van der Waals surface area (Å²) in [7, 11) is 1.78. The Labute approximate surface area is 77.4 Å². The van der Waals surface area contributed by atoms with Gasteiger partial charge in [-0.2, -0.15) is 5.10 Å². The van der Waals surface area contributed by atoms with Crippen molar-refractivity contribution < 1.29 is 0 Å². The molecule has 0 unspecified atom stereocenters. The van der Waals surface area contributed by atoms with E-state index in [0.29, 0.717) is 6.54 Å². The van der Waals surface area contributed by atoms with Gasteiger partial charge in [0.1, 0.15) is 11.2 Å². The van der Waals surface area contributed by atoms with Crippen LogP contribution < -0.4 is 4.87 Å². The molecule has 0 aromatic carbocycles. The molecule has 2 heterocycles. The van der Waals surface area contributed by atoms with Crippen LogP contribution in [0.2, 0.25) is 0 Å². The number of hydrogen-bond donors (Lipinski definition) is 0. The first-order chi connectivity index (χ1) is 6.25. The minimum absolute atomic E-state index is 0.0781. The molecule has 0 fully saturated rings. The lowest BCUT2D eigenvalue weighted by Gasteiger charge is -1.92. The second-order valence-electron chi connectivity index (χ2n) is 2.55. The Hall–Kier alpha value is -1.50. The van der Waals surface area contributed by atoms with Gasteiger partial charge in [0.2, 0.25) is 0 Å². The van der Waals surface area contributed by atoms with Crippen LogP contribution in [0.1, 0.15) is 5.69 Å². The maximum Gasteiger partial charge on any atom is 0.325 e. The van der Waals surface area contributed by atoms with Gasteiger partial charge in [-0.3, -0.25) is 9.48 Å². The summed E-state index contributed by atoms with van der Waals surface area (Å²) in [5.74, 6) is 0. The van der Waals surface area contributed by atoms with Crippen molar-refractivity contribution in [2.45, 2.75) is 6.54 Å². The van der Waals surface area contributed by atoms with Crippen molar-refractivity contribution in [1.29, 1.82) is 0 Å². The van der Waals surface area contributed by atoms with Gasteiger partial charge >= 0.3 is 4.87 Å². The van der Waals surface area contributed by atoms with Gasteiger partial charge < -0.3 is 0 Å². The molecule has 0 bridgehead atoms. The molecule has 0 aliphatic heterocycles. The lowest BCUT2D eigenvalue weighted by molar-refractivity contribution is 0.650. The van der Waals surface area contributed by atoms with Gasteiger partial charge in [-0.1, -0.05) is 16.6 Å². The molecule has 0 aliphatic carbocycles. The topological polar surface area (TPSA) is 65.6 Å². The summed E-state index contributed by atoms with van der Waals surface area (Å²) in [6.45, 7) is 0.385. The fourth-order valence-electron chi connectivity index (χ4n) is 0.960. The van der Waals surface area contributed by atoms with Gasteiger partial charge in [-0.15, -0.1) is 5.10 Å². The van der Waals surface area contributed by atoms with E-state index in [-0.39, 0.29) is 4.87 Å². The quantitative estimate of drug-likeness (QED) is 0.650. The first-order valence-electron chi connectivity index (χ1n) is 3.61. The molecule has 0 atom stereocenters. The third kappa shape index (κ3) is 1.64. The highest BCUT2D eigenvalue weighted by Gasteiger charge is 2.02. The summed E-state index contributed by atoms with van der Waals surface area (Å²) in [5.41, 5.74) is 2.24. The van der Waals surface area contributed by atoms with Crippen LogP contribution in [-0.2, 0) is 13.6 Å². The monoisotopic (exact) mass is 197 g/mol. The number of hydrogen-bond acceptors (Lipinski definition) is 5. The van der Waals surface area contributed by atoms with E-state index in [0.717, 1.165) is 17.0 Å². The van der Waals surface area contributed by atoms with Crippen LogP contribution >= 0.6 is 11.3 Å². The predicted molar refractivity (Wildman–Crippen MR) is 46.5 cm³/mol. The fraction of sp³-hybridized carbons (Fsp3) is 0.333. The standard InChI is InChI=1S/C6H7N5OS/c1-10-2-5(8-9-10)3-11-6(12)13-4-7-11/h2,4H,3H2,1H3. The highest BCUT2D eigenvalue weighted by molar-refractivity contribution is 7.06. The average molecular weight is 197 g/mol. The van der Waals surface area contributed by atoms with Crippen LogP contribution in [0.3, 0.4) is 0 Å². The first kappa shape index (κ1) is 8.11. The zero-order valence-corrected chi connectivity index (χ0v) is 7.73. The lowest BCUT2D eigenvalue weighted by atomic mass is 10.5. The Morgan fingerprint density at radius 3 is 3.00 bits per heavy atom. The summed E-state index contributed by atoms with van der Waals surface area (Å²) in [6.07, 6.45) is 1.76. The highest BCUT2D eigenvalue weighted by Crippen LogP contribution is 1.93. The van der Waals surface area contributed by atoms with Crippen molar-refractivity contribution in [3.8, 4) is 0 Å². The van der Waals surface area contributed by atoms with Gasteiger partial charge in [0.15, 0.2) is 0 Å². The maximum absolute atomic E-state index is 11.1. The molecule has 2 aromatic rings. The van der Waals surface area contributed by atoms with Crippen LogP contribution in [0.15, 0.2) is 16.5 Å². The normalized spacial score (nSPS) is 10.5. The van der Waals surface area contributed by atoms with Gasteiger partial charge in [0.05, 0.1) is 12.7 Å². The molecule has 6 nitrogen and oxygen atoms in total. The van der Waals surface area contributed by atoms with Crippen molar-refractivity contribution in [2.75, 3.05) is 0 Å². The Kier molecular flexibility index (Phi) is 1.93. The molecule has 0 aliphatic rings. The summed E-state index contributed by atoms with van der Waals surface area (Å²) in [6, 6.07) is 0. The van der Waals surface area contributed by atoms with Crippen LogP contribution in [0.4, 0.5) is 0 Å². The minimum Gasteiger partial charge on any atom is -0.255 e. The molecule has 0 spiro atoms. The van der Waals surface area contributed by atoms with E-state index in [2.05, 4.69) is 15.4 Å². The molecule has 0 saturated heterocycles. The highest BCUT2D eigenvalue weighted by atomic mass is 32.1. The van der Waals surface area contributed by atoms with E-state index in [1.165, 1.54) is 10.2 Å². The maximum atomic E-state index is 11.1. The second kappa shape index (κ2) is 3.09. The summed E-state index contributed by atoms with van der Waals surface area (Å²) in [5, 5.41) is 11.5. The van der Waals surface area contributed by atoms with E-state index in [9.17, 15) is 4.79 Å². The zero-order valence-electron chi connectivity index (χ0n) is 6.91. The Balaban J connectivity index is 2.24. The van der Waals surface area contributed by atoms with Crippen molar-refractivity contribution >= 4 is 11.3 Å². The molecule has 13 heavy (non-hydrogen) atoms.